The molecule has 44 heavy (non-hydrogen) atoms. The molecule has 0 spiro atoms. The number of piperazine rings is 1. The minimum Gasteiger partial charge on any atom is -0.508 e. The lowest BCUT2D eigenvalue weighted by molar-refractivity contribution is 0.107. The number of phenols is 1. The number of halogens is 2. The quantitative estimate of drug-likeness (QED) is 0.299. The molecule has 4 aliphatic rings. The number of piperidine rings is 1. The van der Waals surface area contributed by atoms with Gasteiger partial charge in [-0.25, -0.2) is 8.78 Å². The van der Waals surface area contributed by atoms with E-state index in [2.05, 4.69) is 32.0 Å². The van der Waals surface area contributed by atoms with Crippen LogP contribution in [0.3, 0.4) is 0 Å². The number of benzene rings is 2. The zero-order chi connectivity index (χ0) is 30.0. The average Bonchev–Trinajstić information content (AvgIpc) is 3.54. The fourth-order valence-electron chi connectivity index (χ4n) is 8.31. The van der Waals surface area contributed by atoms with E-state index in [9.17, 15) is 9.50 Å². The molecule has 4 saturated heterocycles. The second-order valence-corrected chi connectivity index (χ2v) is 13.1. The Labute approximate surface area is 255 Å². The van der Waals surface area contributed by atoms with Crippen molar-refractivity contribution in [3.05, 3.63) is 47.9 Å². The van der Waals surface area contributed by atoms with E-state index in [1.165, 1.54) is 6.42 Å². The maximum absolute atomic E-state index is 16.8. The summed E-state index contributed by atoms with van der Waals surface area (Å²) in [5, 5.41) is 16.5. The van der Waals surface area contributed by atoms with Crippen molar-refractivity contribution in [1.82, 2.24) is 25.2 Å². The van der Waals surface area contributed by atoms with Crippen LogP contribution in [-0.2, 0) is 6.42 Å². The van der Waals surface area contributed by atoms with Crippen molar-refractivity contribution in [2.45, 2.75) is 75.7 Å². The summed E-state index contributed by atoms with van der Waals surface area (Å²) >= 11 is 0. The number of fused-ring (bicyclic) bond motifs is 5. The molecular formula is C34H38F2N6O2. The van der Waals surface area contributed by atoms with Crippen LogP contribution < -0.4 is 15.0 Å². The Balaban J connectivity index is 1.26. The molecule has 8 rings (SSSR count). The van der Waals surface area contributed by atoms with E-state index < -0.39 is 12.0 Å². The van der Waals surface area contributed by atoms with Gasteiger partial charge in [0.2, 0.25) is 0 Å². The van der Waals surface area contributed by atoms with E-state index in [1.807, 2.05) is 18.2 Å². The molecule has 10 heteroatoms. The van der Waals surface area contributed by atoms with Crippen LogP contribution in [0.1, 0.15) is 51.0 Å². The van der Waals surface area contributed by atoms with Crippen LogP contribution in [0.2, 0.25) is 0 Å². The predicted molar refractivity (Wildman–Crippen MR) is 167 cm³/mol. The van der Waals surface area contributed by atoms with E-state index in [0.29, 0.717) is 41.8 Å². The topological polar surface area (TPSA) is 86.6 Å². The highest BCUT2D eigenvalue weighted by Gasteiger charge is 2.49. The molecule has 4 atom stereocenters. The Morgan fingerprint density at radius 3 is 2.77 bits per heavy atom. The number of aromatic hydroxyl groups is 1. The van der Waals surface area contributed by atoms with Crippen molar-refractivity contribution in [3.8, 4) is 23.0 Å². The van der Waals surface area contributed by atoms with Gasteiger partial charge in [-0.05, 0) is 67.1 Å². The number of aryl methyl sites for hydroxylation is 1. The van der Waals surface area contributed by atoms with E-state index in [-0.39, 0.29) is 35.1 Å². The summed E-state index contributed by atoms with van der Waals surface area (Å²) in [5.74, 6) is 0.0892. The maximum atomic E-state index is 16.8. The first-order valence-electron chi connectivity index (χ1n) is 16.0. The normalized spacial score (nSPS) is 26.9. The molecular weight excluding hydrogens is 562 g/mol. The van der Waals surface area contributed by atoms with Crippen LogP contribution in [0.25, 0.3) is 32.9 Å². The molecule has 0 amide bonds. The number of aromatic nitrogens is 3. The van der Waals surface area contributed by atoms with Gasteiger partial charge in [0, 0.05) is 49.9 Å². The SMILES string of the molecule is CCc1cccc2cc(O)cc(-c3ncc4c(N5CC6CCCC(C5)N6)nc(OC[C@@]56CCCN5C[C@H](F)C6)nc4c3F)c12. The van der Waals surface area contributed by atoms with Gasteiger partial charge in [0.1, 0.15) is 35.6 Å². The Bertz CT molecular complexity index is 1740. The summed E-state index contributed by atoms with van der Waals surface area (Å²) in [7, 11) is 0. The number of ether oxygens (including phenoxy) is 1. The van der Waals surface area contributed by atoms with Gasteiger partial charge < -0.3 is 20.1 Å². The lowest BCUT2D eigenvalue weighted by atomic mass is 9.94. The molecule has 6 heterocycles. The number of hydrogen-bond acceptors (Lipinski definition) is 8. The number of nitrogens with zero attached hydrogens (tertiary/aromatic N) is 5. The predicted octanol–water partition coefficient (Wildman–Crippen LogP) is 5.54. The monoisotopic (exact) mass is 600 g/mol. The summed E-state index contributed by atoms with van der Waals surface area (Å²) < 4.78 is 37.6. The molecule has 2 bridgehead atoms. The van der Waals surface area contributed by atoms with E-state index in [1.54, 1.807) is 18.3 Å². The van der Waals surface area contributed by atoms with Crippen LogP contribution in [0.4, 0.5) is 14.6 Å². The Morgan fingerprint density at radius 1 is 1.11 bits per heavy atom. The molecule has 0 saturated carbocycles. The number of pyridine rings is 1. The molecule has 8 nitrogen and oxygen atoms in total. The highest BCUT2D eigenvalue weighted by molar-refractivity contribution is 6.01. The van der Waals surface area contributed by atoms with Gasteiger partial charge in [0.15, 0.2) is 5.82 Å². The van der Waals surface area contributed by atoms with Crippen LogP contribution in [0.15, 0.2) is 36.5 Å². The second kappa shape index (κ2) is 10.8. The summed E-state index contributed by atoms with van der Waals surface area (Å²) in [5.41, 5.74) is 1.46. The molecule has 4 aromatic rings. The molecule has 4 aliphatic heterocycles. The van der Waals surface area contributed by atoms with Gasteiger partial charge >= 0.3 is 6.01 Å². The van der Waals surface area contributed by atoms with Gasteiger partial charge in [0.25, 0.3) is 0 Å². The molecule has 4 fully saturated rings. The molecule has 2 N–H and O–H groups in total. The van der Waals surface area contributed by atoms with Crippen molar-refractivity contribution < 1.29 is 18.6 Å². The van der Waals surface area contributed by atoms with Gasteiger partial charge in [-0.2, -0.15) is 9.97 Å². The van der Waals surface area contributed by atoms with Crippen LogP contribution in [0, 0.1) is 5.82 Å². The minimum absolute atomic E-state index is 0.0462. The van der Waals surface area contributed by atoms with Crippen LogP contribution in [0.5, 0.6) is 11.8 Å². The lowest BCUT2D eigenvalue weighted by Gasteiger charge is -2.43. The van der Waals surface area contributed by atoms with Crippen molar-refractivity contribution in [1.29, 1.82) is 0 Å². The Morgan fingerprint density at radius 2 is 1.95 bits per heavy atom. The Hall–Kier alpha value is -3.63. The summed E-state index contributed by atoms with van der Waals surface area (Å²) in [6.07, 6.45) is 7.21. The zero-order valence-corrected chi connectivity index (χ0v) is 25.0. The summed E-state index contributed by atoms with van der Waals surface area (Å²) in [6.45, 7) is 5.12. The van der Waals surface area contributed by atoms with Crippen LogP contribution >= 0.6 is 0 Å². The average molecular weight is 601 g/mol. The number of phenolic OH excluding ortho intramolecular Hbond substituents is 1. The van der Waals surface area contributed by atoms with E-state index in [0.717, 1.165) is 68.1 Å². The number of rotatable bonds is 6. The second-order valence-electron chi connectivity index (χ2n) is 13.1. The third-order valence-corrected chi connectivity index (χ3v) is 10.3. The van der Waals surface area contributed by atoms with Gasteiger partial charge in [-0.3, -0.25) is 9.88 Å². The van der Waals surface area contributed by atoms with Crippen molar-refractivity contribution >= 4 is 27.5 Å². The summed E-state index contributed by atoms with van der Waals surface area (Å²) in [4.78, 5) is 18.6. The molecule has 2 unspecified atom stereocenters. The fraction of sp³-hybridized carbons (Fsp3) is 0.500. The first kappa shape index (κ1) is 27.9. The highest BCUT2D eigenvalue weighted by atomic mass is 19.1. The molecule has 2 aromatic heterocycles. The lowest BCUT2D eigenvalue weighted by Crippen LogP contribution is -2.59. The van der Waals surface area contributed by atoms with E-state index in [4.69, 9.17) is 9.72 Å². The minimum atomic E-state index is -0.872. The first-order chi connectivity index (χ1) is 21.4. The molecule has 230 valence electrons. The fourth-order valence-corrected chi connectivity index (χ4v) is 8.31. The number of hydrogen-bond donors (Lipinski definition) is 2. The summed E-state index contributed by atoms with van der Waals surface area (Å²) in [6, 6.07) is 9.94. The van der Waals surface area contributed by atoms with Gasteiger partial charge in [-0.1, -0.05) is 31.5 Å². The standard InChI is InChI=1S/C34H38F2N6O2/c1-2-20-6-3-7-21-12-25(43)13-26(28(20)21)30-29(36)31-27(15-37-30)32(41-17-23-8-4-9-24(18-41)38-23)40-33(39-31)44-19-34-10-5-11-42(34)16-22(35)14-34/h3,6-7,12-13,15,22-24,38,43H,2,4-5,8-11,14,16-19H2,1H3/t22-,23?,24?,34+/m1/s1. The highest BCUT2D eigenvalue weighted by Crippen LogP contribution is 2.42. The maximum Gasteiger partial charge on any atom is 0.319 e. The Kier molecular flexibility index (Phi) is 6.82. The van der Waals surface area contributed by atoms with Gasteiger partial charge in [0.05, 0.1) is 10.9 Å². The third kappa shape index (κ3) is 4.65. The number of alkyl halides is 1. The molecule has 0 aliphatic carbocycles. The van der Waals surface area contributed by atoms with Crippen molar-refractivity contribution in [3.63, 3.8) is 0 Å². The number of nitrogens with one attached hydrogen (secondary N) is 1. The van der Waals surface area contributed by atoms with Crippen molar-refractivity contribution in [2.24, 2.45) is 0 Å². The first-order valence-corrected chi connectivity index (χ1v) is 16.0. The van der Waals surface area contributed by atoms with Crippen LogP contribution in [-0.4, -0.2) is 81.5 Å². The van der Waals surface area contributed by atoms with Crippen molar-refractivity contribution in [2.75, 3.05) is 37.7 Å². The zero-order valence-electron chi connectivity index (χ0n) is 25.0. The number of anilines is 1. The molecule has 2 aromatic carbocycles. The van der Waals surface area contributed by atoms with E-state index >= 15 is 4.39 Å². The molecule has 0 radical (unpaired) electrons. The smallest absolute Gasteiger partial charge is 0.319 e. The third-order valence-electron chi connectivity index (χ3n) is 10.3. The van der Waals surface area contributed by atoms with Gasteiger partial charge in [-0.15, -0.1) is 0 Å². The largest absolute Gasteiger partial charge is 0.508 e.